The van der Waals surface area contributed by atoms with Gasteiger partial charge in [-0.15, -0.1) is 0 Å². The minimum atomic E-state index is -0.644. The second-order valence-corrected chi connectivity index (χ2v) is 15.7. The van der Waals surface area contributed by atoms with Crippen molar-refractivity contribution >= 4 is 41.8 Å². The highest BCUT2D eigenvalue weighted by Gasteiger charge is 2.18. The maximum Gasteiger partial charge on any atom is 0.407 e. The third kappa shape index (κ3) is 20.9. The van der Waals surface area contributed by atoms with E-state index in [9.17, 15) is 24.0 Å². The number of amides is 1. The number of carbonyl (C=O) groups excluding carboxylic acids is 5. The van der Waals surface area contributed by atoms with Crippen LogP contribution in [0.25, 0.3) is 12.2 Å². The number of carbonyl (C=O) groups is 5. The van der Waals surface area contributed by atoms with Gasteiger partial charge in [-0.3, -0.25) is 19.2 Å². The standard InChI is InChI=1S/C43H59NO12/c1-41(2,3)54-38(47)13-11-24-51-34-21-17-30(27-36(34)50-10)15-19-32(45)29-33(46)20-16-31-18-22-35(52-25-12-14-39(48)55-42(4,5)6)37(28-31)53-26-23-44-40(49)56-43(7,8)9/h15-22,27-28H,11-14,23-26,29H2,1-10H3,(H,44,49)/b19-15+,20-16+. The summed E-state index contributed by atoms with van der Waals surface area (Å²) in [5.74, 6) is 0.297. The van der Waals surface area contributed by atoms with Crippen LogP contribution in [0.4, 0.5) is 4.79 Å². The Bertz CT molecular complexity index is 1690. The van der Waals surface area contributed by atoms with Crippen LogP contribution in [0.3, 0.4) is 0 Å². The predicted octanol–water partition coefficient (Wildman–Crippen LogP) is 7.86. The van der Waals surface area contributed by atoms with Crippen molar-refractivity contribution in [3.8, 4) is 23.0 Å². The van der Waals surface area contributed by atoms with Gasteiger partial charge >= 0.3 is 18.0 Å². The predicted molar refractivity (Wildman–Crippen MR) is 213 cm³/mol. The number of ether oxygens (including phenoxy) is 7. The van der Waals surface area contributed by atoms with Gasteiger partial charge in [-0.2, -0.15) is 0 Å². The monoisotopic (exact) mass is 781 g/mol. The molecule has 2 aromatic rings. The van der Waals surface area contributed by atoms with Crippen molar-refractivity contribution in [3.05, 3.63) is 59.7 Å². The summed E-state index contributed by atoms with van der Waals surface area (Å²) in [4.78, 5) is 61.4. The largest absolute Gasteiger partial charge is 0.493 e. The van der Waals surface area contributed by atoms with Gasteiger partial charge < -0.3 is 38.5 Å². The molecular formula is C43H59NO12. The van der Waals surface area contributed by atoms with Crippen LogP contribution in [-0.4, -0.2) is 79.9 Å². The molecule has 0 unspecified atom stereocenters. The van der Waals surface area contributed by atoms with Gasteiger partial charge in [-0.25, -0.2) is 4.79 Å². The number of hydrogen-bond acceptors (Lipinski definition) is 12. The molecule has 0 saturated carbocycles. The zero-order valence-electron chi connectivity index (χ0n) is 34.5. The van der Waals surface area contributed by atoms with Crippen LogP contribution in [0.2, 0.25) is 0 Å². The van der Waals surface area contributed by atoms with Gasteiger partial charge in [-0.1, -0.05) is 24.3 Å². The third-order valence-corrected chi connectivity index (χ3v) is 6.86. The van der Waals surface area contributed by atoms with E-state index in [1.165, 1.54) is 19.3 Å². The van der Waals surface area contributed by atoms with E-state index in [1.807, 2.05) is 20.8 Å². The zero-order valence-corrected chi connectivity index (χ0v) is 34.5. The highest BCUT2D eigenvalue weighted by atomic mass is 16.6. The third-order valence-electron chi connectivity index (χ3n) is 6.86. The van der Waals surface area contributed by atoms with Crippen LogP contribution >= 0.6 is 0 Å². The van der Waals surface area contributed by atoms with Gasteiger partial charge in [-0.05, 0) is 123 Å². The molecule has 0 spiro atoms. The lowest BCUT2D eigenvalue weighted by Crippen LogP contribution is -2.34. The number of methoxy groups -OCH3 is 1. The first-order chi connectivity index (χ1) is 26.1. The molecule has 1 amide bonds. The Morgan fingerprint density at radius 2 is 1.00 bits per heavy atom. The van der Waals surface area contributed by atoms with Crippen LogP contribution in [0.5, 0.6) is 23.0 Å². The van der Waals surface area contributed by atoms with E-state index in [2.05, 4.69) is 5.32 Å². The summed E-state index contributed by atoms with van der Waals surface area (Å²) in [7, 11) is 1.50. The van der Waals surface area contributed by atoms with Crippen molar-refractivity contribution in [1.82, 2.24) is 5.32 Å². The number of esters is 2. The first-order valence-electron chi connectivity index (χ1n) is 18.7. The SMILES string of the molecule is COc1cc(/C=C/C(=O)CC(=O)/C=C/c2ccc(OCCCC(=O)OC(C)(C)C)c(OCCNC(=O)OC(C)(C)C)c2)ccc1OCCCC(=O)OC(C)(C)C. The lowest BCUT2D eigenvalue weighted by Gasteiger charge is -2.20. The number of alkyl carbamates (subject to hydrolysis) is 1. The van der Waals surface area contributed by atoms with Crippen molar-refractivity contribution in [2.45, 2.75) is 111 Å². The molecule has 2 aromatic carbocycles. The number of rotatable bonds is 21. The highest BCUT2D eigenvalue weighted by Crippen LogP contribution is 2.30. The average molecular weight is 782 g/mol. The molecule has 0 saturated heterocycles. The quantitative estimate of drug-likeness (QED) is 0.0430. The van der Waals surface area contributed by atoms with Crippen molar-refractivity contribution in [3.63, 3.8) is 0 Å². The summed E-state index contributed by atoms with van der Waals surface area (Å²) in [6, 6.07) is 10.2. The second-order valence-electron chi connectivity index (χ2n) is 15.7. The molecular weight excluding hydrogens is 722 g/mol. The minimum absolute atomic E-state index is 0.0952. The smallest absolute Gasteiger partial charge is 0.407 e. The van der Waals surface area contributed by atoms with Gasteiger partial charge in [0.05, 0.1) is 33.3 Å². The molecule has 13 heteroatoms. The van der Waals surface area contributed by atoms with E-state index >= 15 is 0 Å². The Balaban J connectivity index is 1.99. The van der Waals surface area contributed by atoms with E-state index in [-0.39, 0.29) is 57.6 Å². The maximum absolute atomic E-state index is 12.7. The van der Waals surface area contributed by atoms with Gasteiger partial charge in [0.25, 0.3) is 0 Å². The number of nitrogens with one attached hydrogen (secondary N) is 1. The fraction of sp³-hybridized carbons (Fsp3) is 0.512. The molecule has 2 rings (SSSR count). The van der Waals surface area contributed by atoms with E-state index in [0.717, 1.165) is 0 Å². The van der Waals surface area contributed by atoms with Crippen LogP contribution in [0, 0.1) is 0 Å². The summed E-state index contributed by atoms with van der Waals surface area (Å²) in [6.45, 7) is 16.9. The average Bonchev–Trinajstić information content (AvgIpc) is 3.07. The summed E-state index contributed by atoms with van der Waals surface area (Å²) in [5.41, 5.74) is -0.486. The highest BCUT2D eigenvalue weighted by molar-refractivity contribution is 6.10. The molecule has 308 valence electrons. The normalized spacial score (nSPS) is 11.9. The Kier molecular flexibility index (Phi) is 18.6. The molecule has 0 bridgehead atoms. The summed E-state index contributed by atoms with van der Waals surface area (Å²) >= 11 is 0. The minimum Gasteiger partial charge on any atom is -0.493 e. The topological polar surface area (TPSA) is 162 Å². The zero-order chi connectivity index (χ0) is 41.9. The first kappa shape index (κ1) is 46.8. The molecule has 0 heterocycles. The van der Waals surface area contributed by atoms with E-state index in [0.29, 0.717) is 47.0 Å². The molecule has 0 fully saturated rings. The summed E-state index contributed by atoms with van der Waals surface area (Å²) in [6.07, 6.45) is 6.16. The molecule has 56 heavy (non-hydrogen) atoms. The molecule has 13 nitrogen and oxygen atoms in total. The fourth-order valence-corrected chi connectivity index (χ4v) is 4.65. The Labute approximate surface area is 331 Å². The lowest BCUT2D eigenvalue weighted by molar-refractivity contribution is -0.156. The van der Waals surface area contributed by atoms with Gasteiger partial charge in [0.15, 0.2) is 34.6 Å². The number of ketones is 2. The van der Waals surface area contributed by atoms with Crippen LogP contribution in [0.15, 0.2) is 48.6 Å². The maximum atomic E-state index is 12.7. The molecule has 0 radical (unpaired) electrons. The molecule has 0 aliphatic rings. The van der Waals surface area contributed by atoms with E-state index in [1.54, 1.807) is 90.1 Å². The van der Waals surface area contributed by atoms with Gasteiger partial charge in [0, 0.05) is 12.8 Å². The van der Waals surface area contributed by atoms with Gasteiger partial charge in [0.2, 0.25) is 0 Å². The van der Waals surface area contributed by atoms with Crippen molar-refractivity contribution in [2.24, 2.45) is 0 Å². The number of benzene rings is 2. The summed E-state index contributed by atoms with van der Waals surface area (Å²) in [5, 5.41) is 2.63. The first-order valence-corrected chi connectivity index (χ1v) is 18.7. The van der Waals surface area contributed by atoms with Crippen molar-refractivity contribution in [1.29, 1.82) is 0 Å². The van der Waals surface area contributed by atoms with Crippen LogP contribution in [-0.2, 0) is 33.4 Å². The molecule has 0 aromatic heterocycles. The van der Waals surface area contributed by atoms with E-state index < -0.39 is 34.5 Å². The van der Waals surface area contributed by atoms with Crippen LogP contribution in [0.1, 0.15) is 106 Å². The van der Waals surface area contributed by atoms with Crippen molar-refractivity contribution in [2.75, 3.05) is 33.5 Å². The molecule has 0 aliphatic heterocycles. The number of allylic oxidation sites excluding steroid dienone is 2. The number of hydrogen-bond donors (Lipinski definition) is 1. The van der Waals surface area contributed by atoms with Gasteiger partial charge in [0.1, 0.15) is 23.4 Å². The molecule has 0 aliphatic carbocycles. The van der Waals surface area contributed by atoms with E-state index in [4.69, 9.17) is 33.2 Å². The lowest BCUT2D eigenvalue weighted by atomic mass is 10.1. The Morgan fingerprint density at radius 3 is 1.45 bits per heavy atom. The summed E-state index contributed by atoms with van der Waals surface area (Å²) < 4.78 is 38.9. The second kappa shape index (κ2) is 22.3. The Morgan fingerprint density at radius 1 is 0.571 bits per heavy atom. The Hall–Kier alpha value is -5.33. The molecule has 0 atom stereocenters. The fourth-order valence-electron chi connectivity index (χ4n) is 4.65. The van der Waals surface area contributed by atoms with Crippen LogP contribution < -0.4 is 24.3 Å². The van der Waals surface area contributed by atoms with Crippen molar-refractivity contribution < 1.29 is 57.1 Å². The molecule has 1 N–H and O–H groups in total.